The Labute approximate surface area is 140 Å². The van der Waals surface area contributed by atoms with Gasteiger partial charge in [-0.3, -0.25) is 0 Å². The molecule has 0 saturated carbocycles. The molecule has 0 spiro atoms. The summed E-state index contributed by atoms with van der Waals surface area (Å²) in [7, 11) is 1.69. The van der Waals surface area contributed by atoms with E-state index in [1.54, 1.807) is 18.4 Å². The van der Waals surface area contributed by atoms with Gasteiger partial charge in [-0.05, 0) is 31.4 Å². The van der Waals surface area contributed by atoms with Crippen molar-refractivity contribution < 1.29 is 4.74 Å². The molecule has 0 amide bonds. The van der Waals surface area contributed by atoms with Gasteiger partial charge in [-0.25, -0.2) is 15.0 Å². The Bertz CT molecular complexity index is 855. The molecule has 0 aliphatic rings. The van der Waals surface area contributed by atoms with Crippen LogP contribution in [0.15, 0.2) is 17.5 Å². The molecule has 0 saturated heterocycles. The number of nitrogens with zero attached hydrogens (tertiary/aromatic N) is 3. The minimum absolute atomic E-state index is 0.410. The van der Waals surface area contributed by atoms with Crippen LogP contribution >= 0.6 is 11.3 Å². The van der Waals surface area contributed by atoms with Crippen molar-refractivity contribution in [2.45, 2.75) is 40.0 Å². The Balaban J connectivity index is 2.23. The lowest BCUT2D eigenvalue weighted by molar-refractivity contribution is 0.412. The average molecular weight is 327 g/mol. The molecule has 0 unspecified atom stereocenters. The molecule has 3 rings (SSSR count). The maximum absolute atomic E-state index is 5.43. The van der Waals surface area contributed by atoms with Gasteiger partial charge in [0.15, 0.2) is 10.8 Å². The number of ether oxygens (including phenoxy) is 1. The van der Waals surface area contributed by atoms with Crippen molar-refractivity contribution in [3.05, 3.63) is 34.5 Å². The topological polar surface area (TPSA) is 47.9 Å². The highest BCUT2D eigenvalue weighted by Crippen LogP contribution is 2.31. The minimum Gasteiger partial charge on any atom is -0.496 e. The Morgan fingerprint density at radius 1 is 1.17 bits per heavy atom. The summed E-state index contributed by atoms with van der Waals surface area (Å²) < 4.78 is 5.43. The smallest absolute Gasteiger partial charge is 0.189 e. The van der Waals surface area contributed by atoms with E-state index in [2.05, 4.69) is 26.2 Å². The first-order valence-corrected chi connectivity index (χ1v) is 8.73. The molecule has 3 aromatic rings. The predicted octanol–water partition coefficient (Wildman–Crippen LogP) is 4.76. The Morgan fingerprint density at radius 2 is 1.96 bits per heavy atom. The molecule has 0 N–H and O–H groups in total. The van der Waals surface area contributed by atoms with Gasteiger partial charge in [0, 0.05) is 16.3 Å². The van der Waals surface area contributed by atoms with E-state index in [9.17, 15) is 0 Å². The van der Waals surface area contributed by atoms with Gasteiger partial charge < -0.3 is 4.74 Å². The fourth-order valence-electron chi connectivity index (χ4n) is 2.62. The van der Waals surface area contributed by atoms with Crippen molar-refractivity contribution in [3.8, 4) is 16.6 Å². The van der Waals surface area contributed by atoms with Crippen LogP contribution in [0.2, 0.25) is 0 Å². The molecule has 1 aromatic carbocycles. The van der Waals surface area contributed by atoms with Crippen molar-refractivity contribution in [1.29, 1.82) is 0 Å². The fourth-order valence-corrected chi connectivity index (χ4v) is 3.53. The minimum atomic E-state index is 0.410. The summed E-state index contributed by atoms with van der Waals surface area (Å²) in [5, 5.41) is 4.07. The molecule has 2 aromatic heterocycles. The third-order valence-electron chi connectivity index (χ3n) is 4.01. The molecule has 120 valence electrons. The number of aryl methyl sites for hydroxylation is 2. The Kier molecular flexibility index (Phi) is 4.31. The first kappa shape index (κ1) is 15.9. The van der Waals surface area contributed by atoms with Crippen LogP contribution in [0, 0.1) is 6.92 Å². The van der Waals surface area contributed by atoms with Gasteiger partial charge in [0.1, 0.15) is 5.75 Å². The monoisotopic (exact) mass is 327 g/mol. The second-order valence-electron chi connectivity index (χ2n) is 5.87. The molecular weight excluding hydrogens is 306 g/mol. The van der Waals surface area contributed by atoms with Crippen molar-refractivity contribution in [1.82, 2.24) is 15.0 Å². The second kappa shape index (κ2) is 6.24. The zero-order chi connectivity index (χ0) is 16.6. The molecule has 0 aliphatic heterocycles. The number of rotatable bonds is 4. The molecule has 5 heteroatoms. The number of aromatic nitrogens is 3. The standard InChI is InChI=1S/C18H21N3OS/c1-6-13-12-7-8-15(22-5)11(4)16(12)21-17(19-13)18-20-14(9-23-18)10(2)3/h7-10H,6H2,1-5H3. The number of hydrogen-bond donors (Lipinski definition) is 0. The van der Waals surface area contributed by atoms with E-state index < -0.39 is 0 Å². The predicted molar refractivity (Wildman–Crippen MR) is 95.4 cm³/mol. The van der Waals surface area contributed by atoms with Crippen LogP contribution in [0.4, 0.5) is 0 Å². The lowest BCUT2D eigenvalue weighted by Gasteiger charge is -2.11. The maximum Gasteiger partial charge on any atom is 0.189 e. The first-order valence-electron chi connectivity index (χ1n) is 7.85. The van der Waals surface area contributed by atoms with E-state index in [0.717, 1.165) is 45.0 Å². The summed E-state index contributed by atoms with van der Waals surface area (Å²) in [6.45, 7) is 8.45. The van der Waals surface area contributed by atoms with Gasteiger partial charge in [-0.2, -0.15) is 0 Å². The largest absolute Gasteiger partial charge is 0.496 e. The molecule has 0 radical (unpaired) electrons. The maximum atomic E-state index is 5.43. The summed E-state index contributed by atoms with van der Waals surface area (Å²) in [4.78, 5) is 14.2. The second-order valence-corrected chi connectivity index (χ2v) is 6.73. The van der Waals surface area contributed by atoms with Crippen molar-refractivity contribution in [2.75, 3.05) is 7.11 Å². The first-order chi connectivity index (χ1) is 11.0. The summed E-state index contributed by atoms with van der Waals surface area (Å²) >= 11 is 1.61. The number of methoxy groups -OCH3 is 1. The van der Waals surface area contributed by atoms with Crippen LogP contribution in [0.3, 0.4) is 0 Å². The van der Waals surface area contributed by atoms with Gasteiger partial charge in [0.25, 0.3) is 0 Å². The number of benzene rings is 1. The number of fused-ring (bicyclic) bond motifs is 1. The third-order valence-corrected chi connectivity index (χ3v) is 4.87. The number of thiazole rings is 1. The van der Waals surface area contributed by atoms with Crippen molar-refractivity contribution in [2.24, 2.45) is 0 Å². The number of hydrogen-bond acceptors (Lipinski definition) is 5. The van der Waals surface area contributed by atoms with Crippen LogP contribution in [-0.4, -0.2) is 22.1 Å². The molecule has 0 bridgehead atoms. The molecule has 0 aliphatic carbocycles. The van der Waals surface area contributed by atoms with Crippen LogP contribution in [-0.2, 0) is 6.42 Å². The van der Waals surface area contributed by atoms with Gasteiger partial charge in [-0.15, -0.1) is 11.3 Å². The SMILES string of the molecule is CCc1nc(-c2nc(C(C)C)cs2)nc2c(C)c(OC)ccc12. The fraction of sp³-hybridized carbons (Fsp3) is 0.389. The van der Waals surface area contributed by atoms with E-state index >= 15 is 0 Å². The van der Waals surface area contributed by atoms with E-state index in [1.165, 1.54) is 0 Å². The summed E-state index contributed by atoms with van der Waals surface area (Å²) in [6, 6.07) is 4.03. The van der Waals surface area contributed by atoms with Gasteiger partial charge in [0.05, 0.1) is 24.0 Å². The average Bonchev–Trinajstić information content (AvgIpc) is 3.05. The van der Waals surface area contributed by atoms with Crippen LogP contribution < -0.4 is 4.74 Å². The van der Waals surface area contributed by atoms with E-state index in [-0.39, 0.29) is 0 Å². The summed E-state index contributed by atoms with van der Waals surface area (Å²) in [5.74, 6) is 1.97. The lowest BCUT2D eigenvalue weighted by atomic mass is 10.1. The normalized spacial score (nSPS) is 11.4. The summed E-state index contributed by atoms with van der Waals surface area (Å²) in [5.41, 5.74) is 4.14. The zero-order valence-corrected chi connectivity index (χ0v) is 15.0. The van der Waals surface area contributed by atoms with Crippen molar-refractivity contribution in [3.63, 3.8) is 0 Å². The molecule has 23 heavy (non-hydrogen) atoms. The molecule has 0 fully saturated rings. The van der Waals surface area contributed by atoms with Crippen LogP contribution in [0.5, 0.6) is 5.75 Å². The lowest BCUT2D eigenvalue weighted by Crippen LogP contribution is -2.00. The highest BCUT2D eigenvalue weighted by atomic mass is 32.1. The highest BCUT2D eigenvalue weighted by Gasteiger charge is 2.15. The van der Waals surface area contributed by atoms with Crippen LogP contribution in [0.1, 0.15) is 43.6 Å². The molecule has 0 atom stereocenters. The third kappa shape index (κ3) is 2.81. The van der Waals surface area contributed by atoms with Gasteiger partial charge in [-0.1, -0.05) is 20.8 Å². The highest BCUT2D eigenvalue weighted by molar-refractivity contribution is 7.13. The zero-order valence-electron chi connectivity index (χ0n) is 14.2. The Hall–Kier alpha value is -2.01. The van der Waals surface area contributed by atoms with Crippen molar-refractivity contribution >= 4 is 22.2 Å². The van der Waals surface area contributed by atoms with Gasteiger partial charge in [0.2, 0.25) is 0 Å². The summed E-state index contributed by atoms with van der Waals surface area (Å²) in [6.07, 6.45) is 0.861. The molecular formula is C18H21N3OS. The molecule has 2 heterocycles. The van der Waals surface area contributed by atoms with E-state index in [4.69, 9.17) is 19.7 Å². The molecule has 4 nitrogen and oxygen atoms in total. The van der Waals surface area contributed by atoms with E-state index in [1.807, 2.05) is 19.1 Å². The van der Waals surface area contributed by atoms with Crippen LogP contribution in [0.25, 0.3) is 21.7 Å². The quantitative estimate of drug-likeness (QED) is 0.693. The van der Waals surface area contributed by atoms with E-state index in [0.29, 0.717) is 11.7 Å². The Morgan fingerprint density at radius 3 is 2.57 bits per heavy atom. The van der Waals surface area contributed by atoms with Gasteiger partial charge >= 0.3 is 0 Å².